The standard InChI is InChI=1S/C5H8OS2/c6-4-5-2-1-3-7-8-5/h4-5H,1-3H2. The fourth-order valence-electron chi connectivity index (χ4n) is 0.618. The van der Waals surface area contributed by atoms with E-state index >= 15 is 0 Å². The van der Waals surface area contributed by atoms with Gasteiger partial charge in [-0.25, -0.2) is 0 Å². The van der Waals surface area contributed by atoms with Crippen molar-refractivity contribution < 1.29 is 4.79 Å². The molecule has 0 aliphatic carbocycles. The highest BCUT2D eigenvalue weighted by Gasteiger charge is 2.12. The van der Waals surface area contributed by atoms with Crippen molar-refractivity contribution in [3.8, 4) is 0 Å². The van der Waals surface area contributed by atoms with Crippen molar-refractivity contribution in [1.29, 1.82) is 0 Å². The Balaban J connectivity index is 2.22. The molecule has 3 heteroatoms. The van der Waals surface area contributed by atoms with Crippen LogP contribution >= 0.6 is 21.6 Å². The lowest BCUT2D eigenvalue weighted by atomic mass is 10.3. The van der Waals surface area contributed by atoms with Gasteiger partial charge in [0.2, 0.25) is 0 Å². The van der Waals surface area contributed by atoms with Crippen LogP contribution in [0.25, 0.3) is 0 Å². The predicted molar refractivity (Wildman–Crippen MR) is 39.1 cm³/mol. The molecule has 0 saturated carbocycles. The van der Waals surface area contributed by atoms with Crippen molar-refractivity contribution in [2.24, 2.45) is 0 Å². The number of aldehydes is 1. The van der Waals surface area contributed by atoms with Crippen molar-refractivity contribution >= 4 is 27.9 Å². The van der Waals surface area contributed by atoms with E-state index in [-0.39, 0.29) is 5.25 Å². The van der Waals surface area contributed by atoms with Gasteiger partial charge in [-0.2, -0.15) is 0 Å². The average Bonchev–Trinajstić information content (AvgIpc) is 1.90. The first-order valence-electron chi connectivity index (χ1n) is 2.67. The summed E-state index contributed by atoms with van der Waals surface area (Å²) < 4.78 is 0. The minimum absolute atomic E-state index is 0.286. The van der Waals surface area contributed by atoms with E-state index < -0.39 is 0 Å². The van der Waals surface area contributed by atoms with Crippen LogP contribution in [-0.2, 0) is 4.79 Å². The van der Waals surface area contributed by atoms with Crippen LogP contribution < -0.4 is 0 Å². The fraction of sp³-hybridized carbons (Fsp3) is 0.800. The Bertz CT molecular complexity index is 78.5. The van der Waals surface area contributed by atoms with E-state index in [2.05, 4.69) is 0 Å². The van der Waals surface area contributed by atoms with E-state index in [0.717, 1.165) is 12.7 Å². The minimum atomic E-state index is 0.286. The molecule has 0 radical (unpaired) electrons. The molecular weight excluding hydrogens is 140 g/mol. The zero-order valence-corrected chi connectivity index (χ0v) is 6.13. The van der Waals surface area contributed by atoms with Gasteiger partial charge in [-0.3, -0.25) is 0 Å². The first-order valence-corrected chi connectivity index (χ1v) is 5.05. The van der Waals surface area contributed by atoms with Gasteiger partial charge < -0.3 is 4.79 Å². The molecule has 1 unspecified atom stereocenters. The highest BCUT2D eigenvalue weighted by atomic mass is 33.1. The lowest BCUT2D eigenvalue weighted by Gasteiger charge is -2.13. The lowest BCUT2D eigenvalue weighted by Crippen LogP contribution is -2.06. The van der Waals surface area contributed by atoms with E-state index in [0.29, 0.717) is 0 Å². The molecule has 1 saturated heterocycles. The van der Waals surface area contributed by atoms with Gasteiger partial charge >= 0.3 is 0 Å². The van der Waals surface area contributed by atoms with E-state index in [9.17, 15) is 4.79 Å². The van der Waals surface area contributed by atoms with Gasteiger partial charge in [-0.05, 0) is 12.8 Å². The average molecular weight is 148 g/mol. The molecule has 0 aromatic carbocycles. The van der Waals surface area contributed by atoms with Crippen LogP contribution in [0.15, 0.2) is 0 Å². The van der Waals surface area contributed by atoms with Gasteiger partial charge in [-0.15, -0.1) is 0 Å². The maximum Gasteiger partial charge on any atom is 0.133 e. The third-order valence-corrected chi connectivity index (χ3v) is 3.89. The second-order valence-electron chi connectivity index (χ2n) is 1.73. The number of hydrogen-bond donors (Lipinski definition) is 0. The largest absolute Gasteiger partial charge is 0.302 e. The van der Waals surface area contributed by atoms with Crippen molar-refractivity contribution in [2.45, 2.75) is 18.1 Å². The summed E-state index contributed by atoms with van der Waals surface area (Å²) >= 11 is 0. The molecule has 1 heterocycles. The molecule has 0 bridgehead atoms. The summed E-state index contributed by atoms with van der Waals surface area (Å²) in [5.74, 6) is 1.22. The molecule has 0 aromatic heterocycles. The van der Waals surface area contributed by atoms with Crippen LogP contribution in [0.1, 0.15) is 12.8 Å². The molecule has 46 valence electrons. The van der Waals surface area contributed by atoms with Crippen LogP contribution in [0.5, 0.6) is 0 Å². The van der Waals surface area contributed by atoms with Gasteiger partial charge in [0.15, 0.2) is 0 Å². The van der Waals surface area contributed by atoms with Crippen molar-refractivity contribution in [2.75, 3.05) is 5.75 Å². The maximum absolute atomic E-state index is 10.1. The Morgan fingerprint density at radius 2 is 2.50 bits per heavy atom. The van der Waals surface area contributed by atoms with Crippen molar-refractivity contribution in [3.05, 3.63) is 0 Å². The summed E-state index contributed by atoms with van der Waals surface area (Å²) in [5, 5.41) is 0.286. The van der Waals surface area contributed by atoms with E-state index in [4.69, 9.17) is 0 Å². The van der Waals surface area contributed by atoms with Crippen LogP contribution in [-0.4, -0.2) is 17.3 Å². The Morgan fingerprint density at radius 3 is 2.88 bits per heavy atom. The van der Waals surface area contributed by atoms with E-state index in [1.165, 1.54) is 12.2 Å². The van der Waals surface area contributed by atoms with Crippen LogP contribution in [0.3, 0.4) is 0 Å². The topological polar surface area (TPSA) is 17.1 Å². The summed E-state index contributed by atoms with van der Waals surface area (Å²) in [5.41, 5.74) is 0. The predicted octanol–water partition coefficient (Wildman–Crippen LogP) is 1.73. The van der Waals surface area contributed by atoms with E-state index in [1.54, 1.807) is 10.8 Å². The van der Waals surface area contributed by atoms with Gasteiger partial charge in [0.1, 0.15) is 6.29 Å². The quantitative estimate of drug-likeness (QED) is 0.416. The Kier molecular flexibility index (Phi) is 2.76. The normalized spacial score (nSPS) is 29.8. The van der Waals surface area contributed by atoms with Gasteiger partial charge in [-0.1, -0.05) is 21.6 Å². The third kappa shape index (κ3) is 1.71. The second kappa shape index (κ2) is 3.41. The summed E-state index contributed by atoms with van der Waals surface area (Å²) in [4.78, 5) is 10.1. The molecule has 0 aromatic rings. The molecule has 1 fully saturated rings. The molecule has 1 atom stereocenters. The van der Waals surface area contributed by atoms with Crippen LogP contribution in [0.4, 0.5) is 0 Å². The smallest absolute Gasteiger partial charge is 0.133 e. The monoisotopic (exact) mass is 148 g/mol. The summed E-state index contributed by atoms with van der Waals surface area (Å²) in [6.45, 7) is 0. The molecule has 0 spiro atoms. The van der Waals surface area contributed by atoms with E-state index in [1.807, 2.05) is 10.8 Å². The number of hydrogen-bond acceptors (Lipinski definition) is 3. The first-order chi connectivity index (χ1) is 3.93. The molecule has 8 heavy (non-hydrogen) atoms. The Labute approximate surface area is 57.0 Å². The molecule has 0 N–H and O–H groups in total. The molecule has 1 aliphatic heterocycles. The zero-order chi connectivity index (χ0) is 5.82. The Hall–Kier alpha value is 0.370. The van der Waals surface area contributed by atoms with Crippen LogP contribution in [0.2, 0.25) is 0 Å². The minimum Gasteiger partial charge on any atom is -0.302 e. The highest BCUT2D eigenvalue weighted by Crippen LogP contribution is 2.34. The SMILES string of the molecule is O=CC1CCCSS1. The second-order valence-corrected chi connectivity index (χ2v) is 4.46. The van der Waals surface area contributed by atoms with Crippen LogP contribution in [0, 0.1) is 0 Å². The fourth-order valence-corrected chi connectivity index (χ4v) is 3.07. The van der Waals surface area contributed by atoms with Crippen molar-refractivity contribution in [3.63, 3.8) is 0 Å². The first kappa shape index (κ1) is 6.49. The molecule has 0 amide bonds. The number of rotatable bonds is 1. The summed E-state index contributed by atoms with van der Waals surface area (Å²) in [6.07, 6.45) is 3.35. The molecule has 1 nitrogen and oxygen atoms in total. The summed E-state index contributed by atoms with van der Waals surface area (Å²) in [7, 11) is 3.52. The van der Waals surface area contributed by atoms with Gasteiger partial charge in [0, 0.05) is 5.75 Å². The maximum atomic E-state index is 10.1. The number of carbonyl (C=O) groups excluding carboxylic acids is 1. The lowest BCUT2D eigenvalue weighted by molar-refractivity contribution is -0.107. The van der Waals surface area contributed by atoms with Gasteiger partial charge in [0.25, 0.3) is 0 Å². The molecule has 1 aliphatic rings. The highest BCUT2D eigenvalue weighted by molar-refractivity contribution is 8.77. The van der Waals surface area contributed by atoms with Gasteiger partial charge in [0.05, 0.1) is 5.25 Å². The van der Waals surface area contributed by atoms with Crippen molar-refractivity contribution in [1.82, 2.24) is 0 Å². The number of carbonyl (C=O) groups is 1. The molecule has 1 rings (SSSR count). The Morgan fingerprint density at radius 1 is 1.62 bits per heavy atom. The third-order valence-electron chi connectivity index (χ3n) is 1.06. The molecular formula is C5H8OS2. The summed E-state index contributed by atoms with van der Waals surface area (Å²) in [6, 6.07) is 0. The zero-order valence-electron chi connectivity index (χ0n) is 4.50.